The molecule has 9 nitrogen and oxygen atoms in total. The second-order valence-electron chi connectivity index (χ2n) is 9.23. The molecule has 0 atom stereocenters. The Morgan fingerprint density at radius 1 is 0.868 bits per heavy atom. The summed E-state index contributed by atoms with van der Waals surface area (Å²) in [6.07, 6.45) is 1.60. The number of carbonyl (C=O) groups excluding carboxylic acids is 1. The van der Waals surface area contributed by atoms with Crippen molar-refractivity contribution in [1.29, 1.82) is 0 Å². The topological polar surface area (TPSA) is 99.3 Å². The number of fused-ring (bicyclic) bond motifs is 1. The van der Waals surface area contributed by atoms with Gasteiger partial charge in [0.25, 0.3) is 5.91 Å². The Labute approximate surface area is 220 Å². The molecule has 1 amide bonds. The number of nitrogens with zero attached hydrogens (tertiary/aromatic N) is 5. The van der Waals surface area contributed by atoms with E-state index >= 15 is 0 Å². The fraction of sp³-hybridized carbons (Fsp3) is 0.172. The largest absolute Gasteiger partial charge is 0.457 e. The van der Waals surface area contributed by atoms with Gasteiger partial charge in [0.05, 0.1) is 6.33 Å². The zero-order chi connectivity index (χ0) is 25.9. The number of para-hydroxylation sites is 1. The summed E-state index contributed by atoms with van der Waals surface area (Å²) < 4.78 is 5.89. The maximum absolute atomic E-state index is 12.9. The van der Waals surface area contributed by atoms with Crippen molar-refractivity contribution in [2.45, 2.75) is 0 Å². The first-order valence-corrected chi connectivity index (χ1v) is 12.5. The van der Waals surface area contributed by atoms with E-state index < -0.39 is 0 Å². The average molecular weight is 506 g/mol. The van der Waals surface area contributed by atoms with Gasteiger partial charge in [-0.1, -0.05) is 30.3 Å². The summed E-state index contributed by atoms with van der Waals surface area (Å²) >= 11 is 0. The summed E-state index contributed by atoms with van der Waals surface area (Å²) in [6, 6.07) is 24.8. The summed E-state index contributed by atoms with van der Waals surface area (Å²) in [4.78, 5) is 33.9. The molecule has 5 aromatic rings. The Balaban J connectivity index is 1.21. The van der Waals surface area contributed by atoms with Crippen LogP contribution in [0.2, 0.25) is 0 Å². The van der Waals surface area contributed by atoms with Crippen molar-refractivity contribution >= 4 is 28.6 Å². The van der Waals surface area contributed by atoms with Gasteiger partial charge in [0.1, 0.15) is 17.0 Å². The third-order valence-corrected chi connectivity index (χ3v) is 6.56. The Bertz CT molecular complexity index is 1540. The summed E-state index contributed by atoms with van der Waals surface area (Å²) in [7, 11) is 2.07. The number of piperazine rings is 1. The minimum Gasteiger partial charge on any atom is -0.457 e. The van der Waals surface area contributed by atoms with Crippen LogP contribution in [0.5, 0.6) is 11.5 Å². The van der Waals surface area contributed by atoms with Crippen LogP contribution in [0.25, 0.3) is 22.6 Å². The van der Waals surface area contributed by atoms with Gasteiger partial charge in [-0.3, -0.25) is 4.79 Å². The van der Waals surface area contributed by atoms with Gasteiger partial charge >= 0.3 is 0 Å². The summed E-state index contributed by atoms with van der Waals surface area (Å²) in [6.45, 7) is 3.26. The second-order valence-corrected chi connectivity index (χ2v) is 9.23. The maximum atomic E-state index is 12.9. The first-order chi connectivity index (χ1) is 18.6. The van der Waals surface area contributed by atoms with E-state index in [1.807, 2.05) is 83.8 Å². The number of imidazole rings is 1. The van der Waals surface area contributed by atoms with Gasteiger partial charge in [-0.05, 0) is 55.6 Å². The van der Waals surface area contributed by atoms with E-state index in [-0.39, 0.29) is 5.91 Å². The minimum atomic E-state index is 0.0513. The minimum absolute atomic E-state index is 0.0513. The SMILES string of the molecule is CN1CCN(C(=O)c2ccc(-c3nc(Nc4ccc(Oc5ccccc5)cc4)c4[nH]cnc4n3)cc2)CC1. The van der Waals surface area contributed by atoms with Crippen molar-refractivity contribution in [2.75, 3.05) is 38.5 Å². The van der Waals surface area contributed by atoms with Gasteiger partial charge < -0.3 is 24.8 Å². The molecule has 2 N–H and O–H groups in total. The third kappa shape index (κ3) is 5.05. The fourth-order valence-corrected chi connectivity index (χ4v) is 4.37. The number of aromatic nitrogens is 4. The molecule has 3 aromatic carbocycles. The summed E-state index contributed by atoms with van der Waals surface area (Å²) in [5.74, 6) is 2.70. The lowest BCUT2D eigenvalue weighted by atomic mass is 10.1. The van der Waals surface area contributed by atoms with Crippen molar-refractivity contribution in [1.82, 2.24) is 29.7 Å². The highest BCUT2D eigenvalue weighted by Gasteiger charge is 2.20. The standard InChI is InChI=1S/C29H27N7O2/c1-35-15-17-36(18-16-35)29(37)21-9-7-20(8-10-21)26-33-27-25(30-19-31-27)28(34-26)32-22-11-13-24(14-12-22)38-23-5-3-2-4-6-23/h2-14,19H,15-18H2,1H3,(H2,30,31,32,33,34). The molecule has 3 heterocycles. The highest BCUT2D eigenvalue weighted by molar-refractivity contribution is 5.95. The Morgan fingerprint density at radius 2 is 1.58 bits per heavy atom. The smallest absolute Gasteiger partial charge is 0.253 e. The third-order valence-electron chi connectivity index (χ3n) is 6.56. The molecule has 6 rings (SSSR count). The molecular formula is C29H27N7O2. The first-order valence-electron chi connectivity index (χ1n) is 12.5. The first kappa shape index (κ1) is 23.6. The molecule has 0 radical (unpaired) electrons. The molecule has 1 fully saturated rings. The van der Waals surface area contributed by atoms with E-state index in [0.29, 0.717) is 28.4 Å². The number of carbonyl (C=O) groups is 1. The zero-order valence-corrected chi connectivity index (χ0v) is 21.0. The average Bonchev–Trinajstić information content (AvgIpc) is 3.44. The number of aromatic amines is 1. The Morgan fingerprint density at radius 3 is 2.32 bits per heavy atom. The van der Waals surface area contributed by atoms with Gasteiger partial charge in [0.2, 0.25) is 0 Å². The van der Waals surface area contributed by atoms with Gasteiger partial charge in [0, 0.05) is 43.0 Å². The molecule has 0 spiro atoms. The Hall–Kier alpha value is -4.76. The van der Waals surface area contributed by atoms with Crippen LogP contribution in [0.1, 0.15) is 10.4 Å². The van der Waals surface area contributed by atoms with E-state index in [1.165, 1.54) is 0 Å². The van der Waals surface area contributed by atoms with Gasteiger partial charge in [-0.25, -0.2) is 15.0 Å². The molecule has 1 aliphatic rings. The van der Waals surface area contributed by atoms with Crippen LogP contribution < -0.4 is 10.1 Å². The number of hydrogen-bond donors (Lipinski definition) is 2. The molecule has 0 saturated carbocycles. The molecule has 1 aliphatic heterocycles. The van der Waals surface area contributed by atoms with Crippen LogP contribution in [0, 0.1) is 0 Å². The predicted octanol–water partition coefficient (Wildman–Crippen LogP) is 4.94. The second kappa shape index (κ2) is 10.3. The number of anilines is 2. The molecular weight excluding hydrogens is 478 g/mol. The van der Waals surface area contributed by atoms with Crippen LogP contribution in [0.4, 0.5) is 11.5 Å². The maximum Gasteiger partial charge on any atom is 0.253 e. The van der Waals surface area contributed by atoms with Crippen LogP contribution in [-0.2, 0) is 0 Å². The lowest BCUT2D eigenvalue weighted by Crippen LogP contribution is -2.47. The summed E-state index contributed by atoms with van der Waals surface area (Å²) in [5.41, 5.74) is 3.58. The predicted molar refractivity (Wildman–Crippen MR) is 147 cm³/mol. The number of benzene rings is 3. The van der Waals surface area contributed by atoms with E-state index in [9.17, 15) is 4.79 Å². The normalized spacial score (nSPS) is 14.0. The van der Waals surface area contributed by atoms with E-state index in [2.05, 4.69) is 32.2 Å². The number of rotatable bonds is 6. The van der Waals surface area contributed by atoms with Crippen molar-refractivity contribution in [3.63, 3.8) is 0 Å². The lowest BCUT2D eigenvalue weighted by Gasteiger charge is -2.32. The van der Waals surface area contributed by atoms with Crippen LogP contribution in [-0.4, -0.2) is 68.9 Å². The highest BCUT2D eigenvalue weighted by atomic mass is 16.5. The number of ether oxygens (including phenoxy) is 1. The molecule has 0 aliphatic carbocycles. The quantitative estimate of drug-likeness (QED) is 0.337. The number of amides is 1. The zero-order valence-electron chi connectivity index (χ0n) is 21.0. The lowest BCUT2D eigenvalue weighted by molar-refractivity contribution is 0.0664. The van der Waals surface area contributed by atoms with Gasteiger partial charge in [0.15, 0.2) is 17.3 Å². The van der Waals surface area contributed by atoms with E-state index in [0.717, 1.165) is 48.9 Å². The van der Waals surface area contributed by atoms with Crippen molar-refractivity contribution in [2.24, 2.45) is 0 Å². The number of hydrogen-bond acceptors (Lipinski definition) is 7. The van der Waals surface area contributed by atoms with Crippen molar-refractivity contribution in [3.8, 4) is 22.9 Å². The number of nitrogens with one attached hydrogen (secondary N) is 2. The van der Waals surface area contributed by atoms with Crippen molar-refractivity contribution < 1.29 is 9.53 Å². The van der Waals surface area contributed by atoms with Gasteiger partial charge in [-0.15, -0.1) is 0 Å². The molecule has 2 aromatic heterocycles. The van der Waals surface area contributed by atoms with Crippen LogP contribution >= 0.6 is 0 Å². The molecule has 1 saturated heterocycles. The number of likely N-dealkylation sites (N-methyl/N-ethyl adjacent to an activating group) is 1. The Kier molecular flexibility index (Phi) is 6.41. The fourth-order valence-electron chi connectivity index (χ4n) is 4.37. The molecule has 38 heavy (non-hydrogen) atoms. The molecule has 9 heteroatoms. The number of H-pyrrole nitrogens is 1. The van der Waals surface area contributed by atoms with Crippen LogP contribution in [0.3, 0.4) is 0 Å². The highest BCUT2D eigenvalue weighted by Crippen LogP contribution is 2.28. The van der Waals surface area contributed by atoms with Crippen molar-refractivity contribution in [3.05, 3.63) is 90.8 Å². The van der Waals surface area contributed by atoms with Gasteiger partial charge in [-0.2, -0.15) is 0 Å². The molecule has 0 unspecified atom stereocenters. The molecule has 0 bridgehead atoms. The van der Waals surface area contributed by atoms with Crippen LogP contribution in [0.15, 0.2) is 85.2 Å². The van der Waals surface area contributed by atoms with E-state index in [1.54, 1.807) is 6.33 Å². The summed E-state index contributed by atoms with van der Waals surface area (Å²) in [5, 5.41) is 3.37. The monoisotopic (exact) mass is 505 g/mol. The van der Waals surface area contributed by atoms with E-state index in [4.69, 9.17) is 9.72 Å². The molecule has 190 valence electrons.